The number of hydrogen-bond acceptors (Lipinski definition) is 1. The Morgan fingerprint density at radius 3 is 2.46 bits per heavy atom. The Morgan fingerprint density at radius 2 is 1.85 bits per heavy atom. The van der Waals surface area contributed by atoms with Gasteiger partial charge in [0.25, 0.3) is 0 Å². The van der Waals surface area contributed by atoms with E-state index in [0.29, 0.717) is 0 Å². The first kappa shape index (κ1) is 10.6. The Labute approximate surface area is 84.9 Å². The van der Waals surface area contributed by atoms with Crippen molar-refractivity contribution in [1.82, 2.24) is 0 Å². The zero-order chi connectivity index (χ0) is 9.84. The number of aryl methyl sites for hydroxylation is 3. The van der Waals surface area contributed by atoms with Crippen LogP contribution in [0, 0.1) is 13.8 Å². The van der Waals surface area contributed by atoms with Gasteiger partial charge in [-0.2, -0.15) is 0 Å². The van der Waals surface area contributed by atoms with Crippen molar-refractivity contribution in [2.45, 2.75) is 26.7 Å². The minimum Gasteiger partial charge on any atom is -0.330 e. The monoisotopic (exact) mass is 197 g/mol. The molecule has 0 saturated carbocycles. The number of rotatable bonds is 3. The molecule has 1 aromatic rings. The molecular formula is C11H16ClN. The van der Waals surface area contributed by atoms with Crippen molar-refractivity contribution in [2.75, 3.05) is 6.54 Å². The summed E-state index contributed by atoms with van der Waals surface area (Å²) in [6, 6.07) is 4.19. The lowest BCUT2D eigenvalue weighted by atomic mass is 10.0. The molecule has 0 spiro atoms. The largest absolute Gasteiger partial charge is 0.330 e. The zero-order valence-corrected chi connectivity index (χ0v) is 8.99. The van der Waals surface area contributed by atoms with Crippen LogP contribution in [0.1, 0.15) is 23.1 Å². The fourth-order valence-corrected chi connectivity index (χ4v) is 1.64. The van der Waals surface area contributed by atoms with E-state index >= 15 is 0 Å². The van der Waals surface area contributed by atoms with Crippen LogP contribution in [0.2, 0.25) is 5.02 Å². The highest BCUT2D eigenvalue weighted by molar-refractivity contribution is 6.31. The van der Waals surface area contributed by atoms with Crippen LogP contribution in [-0.2, 0) is 6.42 Å². The van der Waals surface area contributed by atoms with Crippen molar-refractivity contribution in [1.29, 1.82) is 0 Å². The van der Waals surface area contributed by atoms with E-state index in [2.05, 4.69) is 19.9 Å². The van der Waals surface area contributed by atoms with Crippen molar-refractivity contribution in [3.63, 3.8) is 0 Å². The summed E-state index contributed by atoms with van der Waals surface area (Å²) in [5.41, 5.74) is 9.22. The van der Waals surface area contributed by atoms with Crippen molar-refractivity contribution < 1.29 is 0 Å². The second-order valence-electron chi connectivity index (χ2n) is 3.42. The quantitative estimate of drug-likeness (QED) is 0.793. The molecular weight excluding hydrogens is 182 g/mol. The van der Waals surface area contributed by atoms with E-state index in [4.69, 9.17) is 17.3 Å². The van der Waals surface area contributed by atoms with E-state index in [9.17, 15) is 0 Å². The molecule has 0 amide bonds. The fourth-order valence-electron chi connectivity index (χ4n) is 1.32. The number of nitrogens with two attached hydrogens (primary N) is 1. The van der Waals surface area contributed by atoms with Crippen molar-refractivity contribution in [3.05, 3.63) is 33.8 Å². The summed E-state index contributed by atoms with van der Waals surface area (Å²) >= 11 is 6.10. The molecule has 0 aromatic heterocycles. The Hall–Kier alpha value is -0.530. The molecule has 72 valence electrons. The van der Waals surface area contributed by atoms with Gasteiger partial charge in [-0.1, -0.05) is 17.7 Å². The molecule has 0 fully saturated rings. The standard InChI is InChI=1S/C11H16ClN/c1-8-6-10(4-3-5-13)11(12)7-9(8)2/h6-7H,3-5,13H2,1-2H3. The smallest absolute Gasteiger partial charge is 0.0440 e. The normalized spacial score (nSPS) is 10.5. The Balaban J connectivity index is 2.88. The molecule has 0 heterocycles. The minimum absolute atomic E-state index is 0.725. The molecule has 1 aromatic carbocycles. The third-order valence-corrected chi connectivity index (χ3v) is 2.66. The maximum atomic E-state index is 6.10. The predicted molar refractivity (Wildman–Crippen MR) is 58.3 cm³/mol. The second-order valence-corrected chi connectivity index (χ2v) is 3.83. The van der Waals surface area contributed by atoms with Crippen LogP contribution in [0.5, 0.6) is 0 Å². The van der Waals surface area contributed by atoms with Gasteiger partial charge in [-0.3, -0.25) is 0 Å². The predicted octanol–water partition coefficient (Wildman–Crippen LogP) is 2.85. The molecule has 13 heavy (non-hydrogen) atoms. The summed E-state index contributed by atoms with van der Waals surface area (Å²) in [4.78, 5) is 0. The van der Waals surface area contributed by atoms with E-state index in [1.54, 1.807) is 0 Å². The van der Waals surface area contributed by atoms with E-state index in [-0.39, 0.29) is 0 Å². The van der Waals surface area contributed by atoms with Crippen LogP contribution in [0.4, 0.5) is 0 Å². The third-order valence-electron chi connectivity index (χ3n) is 2.31. The molecule has 0 radical (unpaired) electrons. The van der Waals surface area contributed by atoms with Crippen LogP contribution in [0.25, 0.3) is 0 Å². The summed E-state index contributed by atoms with van der Waals surface area (Å²) < 4.78 is 0. The zero-order valence-electron chi connectivity index (χ0n) is 8.23. The summed E-state index contributed by atoms with van der Waals surface area (Å²) in [6.07, 6.45) is 1.98. The summed E-state index contributed by atoms with van der Waals surface area (Å²) in [5.74, 6) is 0. The maximum absolute atomic E-state index is 6.10. The molecule has 2 N–H and O–H groups in total. The van der Waals surface area contributed by atoms with Gasteiger partial charge in [0.05, 0.1) is 0 Å². The number of hydrogen-bond donors (Lipinski definition) is 1. The van der Waals surface area contributed by atoms with Gasteiger partial charge >= 0.3 is 0 Å². The first-order valence-corrected chi connectivity index (χ1v) is 4.98. The lowest BCUT2D eigenvalue weighted by Gasteiger charge is -2.07. The van der Waals surface area contributed by atoms with Crippen molar-refractivity contribution in [3.8, 4) is 0 Å². The van der Waals surface area contributed by atoms with Crippen LogP contribution >= 0.6 is 11.6 Å². The van der Waals surface area contributed by atoms with E-state index in [1.165, 1.54) is 16.7 Å². The van der Waals surface area contributed by atoms with E-state index in [0.717, 1.165) is 24.4 Å². The average molecular weight is 198 g/mol. The highest BCUT2D eigenvalue weighted by atomic mass is 35.5. The molecule has 1 rings (SSSR count). The van der Waals surface area contributed by atoms with E-state index in [1.807, 2.05) is 6.07 Å². The highest BCUT2D eigenvalue weighted by Crippen LogP contribution is 2.21. The minimum atomic E-state index is 0.725. The molecule has 0 aliphatic carbocycles. The Bertz CT molecular complexity index is 294. The topological polar surface area (TPSA) is 26.0 Å². The lowest BCUT2D eigenvalue weighted by Crippen LogP contribution is -2.01. The van der Waals surface area contributed by atoms with Gasteiger partial charge in [0.1, 0.15) is 0 Å². The molecule has 0 saturated heterocycles. The van der Waals surface area contributed by atoms with Crippen LogP contribution in [-0.4, -0.2) is 6.54 Å². The van der Waals surface area contributed by atoms with Crippen LogP contribution < -0.4 is 5.73 Å². The average Bonchev–Trinajstić information content (AvgIpc) is 2.09. The van der Waals surface area contributed by atoms with Gasteiger partial charge in [-0.05, 0) is 56.0 Å². The Morgan fingerprint density at radius 1 is 1.23 bits per heavy atom. The highest BCUT2D eigenvalue weighted by Gasteiger charge is 2.02. The molecule has 0 aliphatic heterocycles. The number of benzene rings is 1. The molecule has 1 nitrogen and oxygen atoms in total. The van der Waals surface area contributed by atoms with E-state index < -0.39 is 0 Å². The molecule has 0 atom stereocenters. The summed E-state index contributed by atoms with van der Waals surface area (Å²) in [7, 11) is 0. The van der Waals surface area contributed by atoms with Gasteiger partial charge in [0.2, 0.25) is 0 Å². The van der Waals surface area contributed by atoms with Gasteiger partial charge in [-0.15, -0.1) is 0 Å². The molecule has 0 bridgehead atoms. The first-order chi connectivity index (χ1) is 6.15. The van der Waals surface area contributed by atoms with Gasteiger partial charge in [0.15, 0.2) is 0 Å². The molecule has 0 aliphatic rings. The maximum Gasteiger partial charge on any atom is 0.0440 e. The Kier molecular flexibility index (Phi) is 3.76. The van der Waals surface area contributed by atoms with Crippen molar-refractivity contribution in [2.24, 2.45) is 5.73 Å². The SMILES string of the molecule is Cc1cc(Cl)c(CCCN)cc1C. The van der Waals surface area contributed by atoms with Gasteiger partial charge < -0.3 is 5.73 Å². The third kappa shape index (κ3) is 2.71. The molecule has 0 unspecified atom stereocenters. The van der Waals surface area contributed by atoms with Gasteiger partial charge in [0, 0.05) is 5.02 Å². The second kappa shape index (κ2) is 4.64. The van der Waals surface area contributed by atoms with Gasteiger partial charge in [-0.25, -0.2) is 0 Å². The molecule has 2 heteroatoms. The first-order valence-electron chi connectivity index (χ1n) is 4.61. The summed E-state index contributed by atoms with van der Waals surface area (Å²) in [6.45, 7) is 4.91. The van der Waals surface area contributed by atoms with Crippen LogP contribution in [0.3, 0.4) is 0 Å². The number of halogens is 1. The lowest BCUT2D eigenvalue weighted by molar-refractivity contribution is 0.831. The fraction of sp³-hybridized carbons (Fsp3) is 0.455. The van der Waals surface area contributed by atoms with Crippen molar-refractivity contribution >= 4 is 11.6 Å². The summed E-state index contributed by atoms with van der Waals surface area (Å²) in [5, 5.41) is 0.872. The van der Waals surface area contributed by atoms with Crippen LogP contribution in [0.15, 0.2) is 12.1 Å².